The number of ether oxygens (including phenoxy) is 16. The fraction of sp³-hybridized carbons (Fsp3) is 0.857. The van der Waals surface area contributed by atoms with Crippen LogP contribution < -0.4 is 0 Å². The van der Waals surface area contributed by atoms with Gasteiger partial charge in [0.25, 0.3) is 0 Å². The Hall–Kier alpha value is -2.22. The van der Waals surface area contributed by atoms with E-state index in [9.17, 15) is 9.59 Å². The summed E-state index contributed by atoms with van der Waals surface area (Å²) in [6, 6.07) is 0. The van der Waals surface area contributed by atoms with Gasteiger partial charge < -0.3 is 86.0 Å². The second-order valence-corrected chi connectivity index (χ2v) is 13.0. The Bertz CT molecular complexity index is 922. The first-order valence-corrected chi connectivity index (χ1v) is 21.2. The lowest BCUT2D eigenvalue weighted by atomic mass is 10.4. The Balaban J connectivity index is 0. The fourth-order valence-electron chi connectivity index (χ4n) is 3.73. The van der Waals surface area contributed by atoms with Crippen molar-refractivity contribution in [3.05, 3.63) is 24.3 Å². The van der Waals surface area contributed by atoms with Crippen molar-refractivity contribution in [1.82, 2.24) is 0 Å². The lowest BCUT2D eigenvalue weighted by molar-refractivity contribution is -0.141. The largest absolute Gasteiger partial charge is 0.460 e. The van der Waals surface area contributed by atoms with E-state index in [-0.39, 0.29) is 25.9 Å². The molecule has 0 saturated heterocycles. The topological polar surface area (TPSA) is 222 Å². The van der Waals surface area contributed by atoms with Crippen molar-refractivity contribution >= 4 is 11.9 Å². The summed E-state index contributed by atoms with van der Waals surface area (Å²) in [6.45, 7) is 26.2. The van der Waals surface area contributed by atoms with Crippen molar-refractivity contribution < 1.29 is 95.6 Å². The monoisotopic (exact) mass is 905 g/mol. The average molecular weight is 905 g/mol. The molecule has 2 atom stereocenters. The zero-order valence-corrected chi connectivity index (χ0v) is 38.0. The maximum absolute atomic E-state index is 11.2. The molecule has 0 aliphatic carbocycles. The van der Waals surface area contributed by atoms with Crippen molar-refractivity contribution in [1.29, 1.82) is 0 Å². The van der Waals surface area contributed by atoms with Gasteiger partial charge in [-0.1, -0.05) is 13.2 Å². The summed E-state index contributed by atoms with van der Waals surface area (Å²) in [5.41, 5.74) is 0.730. The molecule has 62 heavy (non-hydrogen) atoms. The minimum Gasteiger partial charge on any atom is -0.460 e. The lowest BCUT2D eigenvalue weighted by Crippen LogP contribution is -2.19. The molecule has 2 N–H and O–H groups in total. The highest BCUT2D eigenvalue weighted by Crippen LogP contribution is 1.94. The van der Waals surface area contributed by atoms with E-state index in [4.69, 9.17) is 86.0 Å². The van der Waals surface area contributed by atoms with Crippen LogP contribution in [0, 0.1) is 0 Å². The van der Waals surface area contributed by atoms with Crippen molar-refractivity contribution in [2.24, 2.45) is 0 Å². The highest BCUT2D eigenvalue weighted by molar-refractivity contribution is 5.87. The number of aliphatic hydroxyl groups excluding tert-OH is 2. The molecule has 0 aliphatic rings. The molecule has 0 bridgehead atoms. The van der Waals surface area contributed by atoms with Crippen molar-refractivity contribution in [2.45, 2.75) is 39.9 Å². The highest BCUT2D eigenvalue weighted by atomic mass is 16.6. The van der Waals surface area contributed by atoms with Gasteiger partial charge in [-0.3, -0.25) is 0 Å². The second kappa shape index (κ2) is 51.4. The Kier molecular flexibility index (Phi) is 51.3. The van der Waals surface area contributed by atoms with Crippen LogP contribution in [-0.2, 0) is 85.4 Å². The van der Waals surface area contributed by atoms with Crippen LogP contribution in [0.3, 0.4) is 0 Å². The van der Waals surface area contributed by atoms with Crippen molar-refractivity contribution in [3.8, 4) is 0 Å². The van der Waals surface area contributed by atoms with E-state index in [0.717, 1.165) is 0 Å². The first-order valence-electron chi connectivity index (χ1n) is 21.2. The summed E-state index contributed by atoms with van der Waals surface area (Å²) in [6.07, 6.45) is -0.612. The third kappa shape index (κ3) is 53.9. The Morgan fingerprint density at radius 2 is 0.565 bits per heavy atom. The molecule has 0 aromatic rings. The molecule has 0 saturated carbocycles. The molecule has 0 rings (SSSR count). The number of carbonyl (C=O) groups is 2. The second-order valence-electron chi connectivity index (χ2n) is 13.0. The molecule has 368 valence electrons. The van der Waals surface area contributed by atoms with Crippen LogP contribution in [0.2, 0.25) is 0 Å². The zero-order valence-electron chi connectivity index (χ0n) is 38.0. The maximum Gasteiger partial charge on any atom is 0.333 e. The number of carbonyl (C=O) groups excluding carboxylic acids is 2. The molecule has 0 spiro atoms. The molecule has 0 aliphatic heterocycles. The van der Waals surface area contributed by atoms with Gasteiger partial charge in [0.05, 0.1) is 197 Å². The summed E-state index contributed by atoms with van der Waals surface area (Å²) in [5, 5.41) is 17.1. The predicted molar refractivity (Wildman–Crippen MR) is 226 cm³/mol. The fourth-order valence-corrected chi connectivity index (χ4v) is 3.73. The van der Waals surface area contributed by atoms with E-state index in [1.54, 1.807) is 27.7 Å². The molecular weight excluding hydrogens is 824 g/mol. The Morgan fingerprint density at radius 1 is 0.387 bits per heavy atom. The van der Waals surface area contributed by atoms with Crippen LogP contribution >= 0.6 is 0 Å². The molecule has 2 unspecified atom stereocenters. The third-order valence-electron chi connectivity index (χ3n) is 6.96. The number of hydrogen-bond acceptors (Lipinski definition) is 20. The number of esters is 2. The lowest BCUT2D eigenvalue weighted by Gasteiger charge is -2.10. The van der Waals surface area contributed by atoms with E-state index >= 15 is 0 Å². The molecule has 20 heteroatoms. The minimum atomic E-state index is -0.445. The van der Waals surface area contributed by atoms with Gasteiger partial charge in [0.15, 0.2) is 0 Å². The summed E-state index contributed by atoms with van der Waals surface area (Å²) in [5.74, 6) is -0.835. The Morgan fingerprint density at radius 3 is 0.710 bits per heavy atom. The van der Waals surface area contributed by atoms with Gasteiger partial charge in [-0.05, 0) is 27.7 Å². The van der Waals surface area contributed by atoms with Crippen LogP contribution in [0.15, 0.2) is 24.3 Å². The van der Waals surface area contributed by atoms with Crippen LogP contribution in [0.5, 0.6) is 0 Å². The smallest absolute Gasteiger partial charge is 0.333 e. The van der Waals surface area contributed by atoms with Crippen molar-refractivity contribution in [2.75, 3.05) is 198 Å². The Labute approximate surface area is 369 Å². The summed E-state index contributed by atoms with van der Waals surface area (Å²) in [7, 11) is 0. The van der Waals surface area contributed by atoms with Gasteiger partial charge in [0.2, 0.25) is 0 Å². The molecule has 0 aromatic carbocycles. The van der Waals surface area contributed by atoms with E-state index in [2.05, 4.69) is 13.2 Å². The first kappa shape index (κ1) is 61.9. The SMILES string of the molecule is C=C(C)C(=O)OCCOCCOCCOCCOCCOCCOCCOCCOCCOCCOCCOCCOCCOCCOC(=O)C(=C)C.CC(O)COC(C)CO. The highest BCUT2D eigenvalue weighted by Gasteiger charge is 2.04. The van der Waals surface area contributed by atoms with Crippen LogP contribution in [-0.4, -0.2) is 233 Å². The van der Waals surface area contributed by atoms with Gasteiger partial charge >= 0.3 is 11.9 Å². The maximum atomic E-state index is 11.2. The van der Waals surface area contributed by atoms with Gasteiger partial charge in [0, 0.05) is 11.1 Å². The van der Waals surface area contributed by atoms with Crippen LogP contribution in [0.25, 0.3) is 0 Å². The molecule has 0 heterocycles. The van der Waals surface area contributed by atoms with E-state index < -0.39 is 18.0 Å². The summed E-state index contributed by atoms with van der Waals surface area (Å²) >= 11 is 0. The predicted octanol–water partition coefficient (Wildman–Crippen LogP) is 1.21. The molecule has 0 aromatic heterocycles. The van der Waals surface area contributed by atoms with Crippen LogP contribution in [0.1, 0.15) is 27.7 Å². The number of aliphatic hydroxyl groups is 2. The molecule has 0 fully saturated rings. The van der Waals surface area contributed by atoms with Gasteiger partial charge in [0.1, 0.15) is 13.2 Å². The molecule has 0 radical (unpaired) electrons. The first-order chi connectivity index (χ1) is 30.1. The number of rotatable bonds is 48. The normalized spacial score (nSPS) is 12.1. The third-order valence-corrected chi connectivity index (χ3v) is 6.96. The van der Waals surface area contributed by atoms with E-state index in [1.807, 2.05) is 0 Å². The van der Waals surface area contributed by atoms with Gasteiger partial charge in [-0.2, -0.15) is 0 Å². The van der Waals surface area contributed by atoms with Crippen molar-refractivity contribution in [3.63, 3.8) is 0 Å². The number of hydrogen-bond donors (Lipinski definition) is 2. The average Bonchev–Trinajstić information content (AvgIpc) is 3.25. The molecular formula is C42H80O20. The minimum absolute atomic E-state index is 0.00667. The molecule has 20 nitrogen and oxygen atoms in total. The van der Waals surface area contributed by atoms with Gasteiger partial charge in [-0.25, -0.2) is 9.59 Å². The van der Waals surface area contributed by atoms with E-state index in [0.29, 0.717) is 190 Å². The van der Waals surface area contributed by atoms with Gasteiger partial charge in [-0.15, -0.1) is 0 Å². The summed E-state index contributed by atoms with van der Waals surface area (Å²) in [4.78, 5) is 22.4. The standard InChI is InChI=1S/C36H66O17.C6H14O3/c1-33(2)35(37)52-31-29-50-27-25-48-23-21-46-19-17-44-15-13-42-11-9-40-7-5-39-6-8-41-10-12-43-14-16-45-18-20-47-22-24-49-26-28-51-30-32-53-36(38)34(3)4;1-5(8)4-9-6(2)3-7/h1,3,5-32H2,2,4H3;5-8H,3-4H2,1-2H3. The molecule has 0 amide bonds. The van der Waals surface area contributed by atoms with E-state index in [1.165, 1.54) is 0 Å². The summed E-state index contributed by atoms with van der Waals surface area (Å²) < 4.78 is 85.4. The zero-order chi connectivity index (χ0) is 46.0. The quantitative estimate of drug-likeness (QED) is 0.0498. The van der Waals surface area contributed by atoms with Crippen LogP contribution in [0.4, 0.5) is 0 Å².